The van der Waals surface area contributed by atoms with E-state index in [1.165, 1.54) is 0 Å². The van der Waals surface area contributed by atoms with Gasteiger partial charge in [0.2, 0.25) is 0 Å². The minimum absolute atomic E-state index is 0.355. The van der Waals surface area contributed by atoms with E-state index in [0.717, 1.165) is 17.5 Å². The van der Waals surface area contributed by atoms with Crippen LogP contribution in [0, 0.1) is 0 Å². The summed E-state index contributed by atoms with van der Waals surface area (Å²) in [7, 11) is 0. The summed E-state index contributed by atoms with van der Waals surface area (Å²) in [6.45, 7) is 2.02. The quantitative estimate of drug-likeness (QED) is 0.875. The Morgan fingerprint density at radius 2 is 1.75 bits per heavy atom. The van der Waals surface area contributed by atoms with Gasteiger partial charge in [0.1, 0.15) is 5.75 Å². The molecular formula is C17H18O3. The van der Waals surface area contributed by atoms with E-state index in [1.807, 2.05) is 61.5 Å². The average Bonchev–Trinajstić information content (AvgIpc) is 2.48. The molecule has 2 aromatic rings. The molecule has 0 saturated carbocycles. The summed E-state index contributed by atoms with van der Waals surface area (Å²) < 4.78 is 5.70. The van der Waals surface area contributed by atoms with Crippen molar-refractivity contribution in [3.8, 4) is 5.75 Å². The van der Waals surface area contributed by atoms with E-state index in [0.29, 0.717) is 12.2 Å². The number of hydrogen-bond donors (Lipinski definition) is 1. The zero-order valence-electron chi connectivity index (χ0n) is 11.5. The maximum atomic E-state index is 11.4. The third-order valence-corrected chi connectivity index (χ3v) is 3.16. The van der Waals surface area contributed by atoms with Gasteiger partial charge in [-0.15, -0.1) is 0 Å². The van der Waals surface area contributed by atoms with Gasteiger partial charge in [-0.3, -0.25) is 0 Å². The number of carboxylic acids is 1. The molecule has 0 aliphatic heterocycles. The topological polar surface area (TPSA) is 46.5 Å². The third-order valence-electron chi connectivity index (χ3n) is 3.16. The van der Waals surface area contributed by atoms with Gasteiger partial charge in [-0.1, -0.05) is 55.5 Å². The van der Waals surface area contributed by atoms with Crippen molar-refractivity contribution < 1.29 is 14.6 Å². The molecule has 3 nitrogen and oxygen atoms in total. The molecule has 1 N–H and O–H groups in total. The lowest BCUT2D eigenvalue weighted by Crippen LogP contribution is -2.29. The Hall–Kier alpha value is -2.29. The van der Waals surface area contributed by atoms with Crippen LogP contribution in [0.1, 0.15) is 18.1 Å². The molecule has 0 fully saturated rings. The molecule has 104 valence electrons. The van der Waals surface area contributed by atoms with Crippen LogP contribution in [0.25, 0.3) is 0 Å². The van der Waals surface area contributed by atoms with E-state index in [2.05, 4.69) is 0 Å². The summed E-state index contributed by atoms with van der Waals surface area (Å²) in [6, 6.07) is 17.1. The van der Waals surface area contributed by atoms with Gasteiger partial charge in [0.05, 0.1) is 0 Å². The molecule has 0 aliphatic carbocycles. The standard InChI is InChI=1S/C17H18O3/c1-2-14-10-6-7-11-15(14)20-16(17(18)19)12-13-8-4-3-5-9-13/h3-11,16H,2,12H2,1H3,(H,18,19). The summed E-state index contributed by atoms with van der Waals surface area (Å²) in [5, 5.41) is 9.33. The number of aliphatic carboxylic acids is 1. The molecule has 0 amide bonds. The third kappa shape index (κ3) is 3.60. The van der Waals surface area contributed by atoms with Crippen molar-refractivity contribution in [1.82, 2.24) is 0 Å². The van der Waals surface area contributed by atoms with E-state index in [-0.39, 0.29) is 0 Å². The first-order valence-electron chi connectivity index (χ1n) is 6.72. The van der Waals surface area contributed by atoms with E-state index in [1.54, 1.807) is 0 Å². The molecule has 1 atom stereocenters. The average molecular weight is 270 g/mol. The van der Waals surface area contributed by atoms with Crippen molar-refractivity contribution in [3.05, 3.63) is 65.7 Å². The van der Waals surface area contributed by atoms with Gasteiger partial charge in [-0.25, -0.2) is 4.79 Å². The van der Waals surface area contributed by atoms with Gasteiger partial charge in [0.15, 0.2) is 6.10 Å². The Morgan fingerprint density at radius 1 is 1.10 bits per heavy atom. The minimum atomic E-state index is -0.945. The summed E-state index contributed by atoms with van der Waals surface area (Å²) in [5.41, 5.74) is 1.97. The second-order valence-electron chi connectivity index (χ2n) is 4.60. The summed E-state index contributed by atoms with van der Waals surface area (Å²) in [5.74, 6) is -0.293. The number of benzene rings is 2. The van der Waals surface area contributed by atoms with Crippen LogP contribution >= 0.6 is 0 Å². The number of aryl methyl sites for hydroxylation is 1. The van der Waals surface area contributed by atoms with Crippen LogP contribution in [0.4, 0.5) is 0 Å². The number of carboxylic acid groups (broad SMARTS) is 1. The van der Waals surface area contributed by atoms with Gasteiger partial charge < -0.3 is 9.84 Å². The fourth-order valence-corrected chi connectivity index (χ4v) is 2.07. The molecule has 0 aromatic heterocycles. The Kier molecular flexibility index (Phi) is 4.77. The molecule has 3 heteroatoms. The second-order valence-corrected chi connectivity index (χ2v) is 4.60. The number of carbonyl (C=O) groups is 1. The van der Waals surface area contributed by atoms with E-state index in [4.69, 9.17) is 4.74 Å². The molecule has 0 radical (unpaired) electrons. The van der Waals surface area contributed by atoms with Gasteiger partial charge >= 0.3 is 5.97 Å². The molecule has 0 saturated heterocycles. The molecule has 20 heavy (non-hydrogen) atoms. The number of hydrogen-bond acceptors (Lipinski definition) is 2. The summed E-state index contributed by atoms with van der Waals surface area (Å²) in [6.07, 6.45) is 0.298. The SMILES string of the molecule is CCc1ccccc1OC(Cc1ccccc1)C(=O)O. The van der Waals surface area contributed by atoms with E-state index >= 15 is 0 Å². The zero-order valence-corrected chi connectivity index (χ0v) is 11.5. The highest BCUT2D eigenvalue weighted by atomic mass is 16.5. The maximum absolute atomic E-state index is 11.4. The lowest BCUT2D eigenvalue weighted by molar-refractivity contribution is -0.145. The van der Waals surface area contributed by atoms with Gasteiger partial charge in [-0.05, 0) is 23.6 Å². The predicted molar refractivity (Wildman–Crippen MR) is 78.0 cm³/mol. The van der Waals surface area contributed by atoms with Crippen LogP contribution in [-0.2, 0) is 17.6 Å². The van der Waals surface area contributed by atoms with Gasteiger partial charge in [-0.2, -0.15) is 0 Å². The molecule has 0 bridgehead atoms. The monoisotopic (exact) mass is 270 g/mol. The maximum Gasteiger partial charge on any atom is 0.345 e. The Bertz CT molecular complexity index is 563. The zero-order chi connectivity index (χ0) is 14.4. The van der Waals surface area contributed by atoms with Crippen molar-refractivity contribution >= 4 is 5.97 Å². The van der Waals surface area contributed by atoms with Crippen LogP contribution in [-0.4, -0.2) is 17.2 Å². The van der Waals surface area contributed by atoms with Crippen molar-refractivity contribution in [2.24, 2.45) is 0 Å². The Morgan fingerprint density at radius 3 is 2.40 bits per heavy atom. The lowest BCUT2D eigenvalue weighted by atomic mass is 10.1. The number of ether oxygens (including phenoxy) is 1. The normalized spacial score (nSPS) is 11.8. The molecule has 0 spiro atoms. The fraction of sp³-hybridized carbons (Fsp3) is 0.235. The highest BCUT2D eigenvalue weighted by molar-refractivity contribution is 5.73. The summed E-state index contributed by atoms with van der Waals surface area (Å²) in [4.78, 5) is 11.4. The first-order valence-corrected chi connectivity index (χ1v) is 6.72. The number of rotatable bonds is 6. The molecule has 2 rings (SSSR count). The smallest absolute Gasteiger partial charge is 0.345 e. The van der Waals surface area contributed by atoms with E-state index in [9.17, 15) is 9.90 Å². The molecular weight excluding hydrogens is 252 g/mol. The van der Waals surface area contributed by atoms with Gasteiger partial charge in [0.25, 0.3) is 0 Å². The predicted octanol–water partition coefficient (Wildman–Crippen LogP) is 3.32. The Balaban J connectivity index is 2.16. The van der Waals surface area contributed by atoms with Crippen LogP contribution in [0.5, 0.6) is 5.75 Å². The van der Waals surface area contributed by atoms with Crippen LogP contribution < -0.4 is 4.74 Å². The molecule has 1 unspecified atom stereocenters. The highest BCUT2D eigenvalue weighted by Gasteiger charge is 2.20. The minimum Gasteiger partial charge on any atom is -0.478 e. The van der Waals surface area contributed by atoms with Crippen LogP contribution in [0.3, 0.4) is 0 Å². The van der Waals surface area contributed by atoms with Crippen molar-refractivity contribution in [1.29, 1.82) is 0 Å². The van der Waals surface area contributed by atoms with Crippen LogP contribution in [0.2, 0.25) is 0 Å². The van der Waals surface area contributed by atoms with Crippen LogP contribution in [0.15, 0.2) is 54.6 Å². The van der Waals surface area contributed by atoms with E-state index < -0.39 is 12.1 Å². The summed E-state index contributed by atoms with van der Waals surface area (Å²) >= 11 is 0. The largest absolute Gasteiger partial charge is 0.478 e. The first kappa shape index (κ1) is 14.1. The molecule has 2 aromatic carbocycles. The first-order chi connectivity index (χ1) is 9.70. The molecule has 0 aliphatic rings. The fourth-order valence-electron chi connectivity index (χ4n) is 2.07. The van der Waals surface area contributed by atoms with Crippen molar-refractivity contribution in [3.63, 3.8) is 0 Å². The lowest BCUT2D eigenvalue weighted by Gasteiger charge is -2.17. The van der Waals surface area contributed by atoms with Crippen molar-refractivity contribution in [2.45, 2.75) is 25.9 Å². The Labute approximate surface area is 118 Å². The highest BCUT2D eigenvalue weighted by Crippen LogP contribution is 2.21. The number of para-hydroxylation sites is 1. The van der Waals surface area contributed by atoms with Crippen molar-refractivity contribution in [2.75, 3.05) is 0 Å². The second kappa shape index (κ2) is 6.75. The molecule has 0 heterocycles. The van der Waals surface area contributed by atoms with Gasteiger partial charge in [0, 0.05) is 6.42 Å².